The molecule has 0 spiro atoms. The molecule has 0 unspecified atom stereocenters. The van der Waals surface area contributed by atoms with E-state index in [-0.39, 0.29) is 13.2 Å². The van der Waals surface area contributed by atoms with Crippen LogP contribution in [0.5, 0.6) is 0 Å². The SMILES string of the molecule is C=CCOCCOC(=O)NCCCCCCNC(=O)OCCOCC=C. The van der Waals surface area contributed by atoms with E-state index >= 15 is 0 Å². The van der Waals surface area contributed by atoms with E-state index in [0.717, 1.165) is 25.7 Å². The van der Waals surface area contributed by atoms with Crippen LogP contribution in [0.1, 0.15) is 25.7 Å². The number of amides is 2. The second kappa shape index (κ2) is 19.3. The predicted octanol–water partition coefficient (Wildman–Crippen LogP) is 2.40. The van der Waals surface area contributed by atoms with Gasteiger partial charge in [-0.1, -0.05) is 25.0 Å². The molecule has 0 fully saturated rings. The molecule has 0 aliphatic rings. The minimum atomic E-state index is -0.436. The molecule has 0 aliphatic heterocycles. The van der Waals surface area contributed by atoms with Gasteiger partial charge in [0.2, 0.25) is 0 Å². The lowest BCUT2D eigenvalue weighted by Gasteiger charge is -2.08. The van der Waals surface area contributed by atoms with E-state index in [1.165, 1.54) is 0 Å². The lowest BCUT2D eigenvalue weighted by molar-refractivity contribution is 0.0849. The van der Waals surface area contributed by atoms with Crippen molar-refractivity contribution in [3.05, 3.63) is 25.3 Å². The van der Waals surface area contributed by atoms with Crippen molar-refractivity contribution in [2.45, 2.75) is 25.7 Å². The van der Waals surface area contributed by atoms with E-state index < -0.39 is 12.2 Å². The Hall–Kier alpha value is -2.06. The molecule has 0 aliphatic carbocycles. The Morgan fingerprint density at radius 2 is 1.12 bits per heavy atom. The Balaban J connectivity index is 3.27. The molecule has 0 radical (unpaired) electrons. The molecule has 8 nitrogen and oxygen atoms in total. The summed E-state index contributed by atoms with van der Waals surface area (Å²) < 4.78 is 20.1. The normalized spacial score (nSPS) is 10.0. The Bertz CT molecular complexity index is 354. The van der Waals surface area contributed by atoms with Gasteiger partial charge in [0.25, 0.3) is 0 Å². The Labute approximate surface area is 155 Å². The summed E-state index contributed by atoms with van der Waals surface area (Å²) in [5.74, 6) is 0. The highest BCUT2D eigenvalue weighted by molar-refractivity contribution is 5.67. The topological polar surface area (TPSA) is 95.1 Å². The highest BCUT2D eigenvalue weighted by Gasteiger charge is 2.02. The van der Waals surface area contributed by atoms with Crippen molar-refractivity contribution >= 4 is 12.2 Å². The molecule has 0 saturated heterocycles. The second-order valence-electron chi connectivity index (χ2n) is 5.27. The molecule has 0 aromatic heterocycles. The highest BCUT2D eigenvalue weighted by atomic mass is 16.6. The molecular weight excluding hydrogens is 340 g/mol. The van der Waals surface area contributed by atoms with Gasteiger partial charge in [0.1, 0.15) is 13.2 Å². The maximum atomic E-state index is 11.3. The zero-order valence-electron chi connectivity index (χ0n) is 15.5. The molecule has 0 bridgehead atoms. The molecule has 2 N–H and O–H groups in total. The number of carbonyl (C=O) groups is 2. The largest absolute Gasteiger partial charge is 0.447 e. The van der Waals surface area contributed by atoms with Crippen molar-refractivity contribution in [3.8, 4) is 0 Å². The number of ether oxygens (including phenoxy) is 4. The van der Waals surface area contributed by atoms with Crippen LogP contribution in [-0.2, 0) is 18.9 Å². The van der Waals surface area contributed by atoms with Crippen molar-refractivity contribution in [3.63, 3.8) is 0 Å². The van der Waals surface area contributed by atoms with Crippen LogP contribution in [0, 0.1) is 0 Å². The molecule has 0 rings (SSSR count). The molecule has 8 heteroatoms. The average Bonchev–Trinajstić information content (AvgIpc) is 2.63. The highest BCUT2D eigenvalue weighted by Crippen LogP contribution is 1.98. The third-order valence-electron chi connectivity index (χ3n) is 3.04. The second-order valence-corrected chi connectivity index (χ2v) is 5.27. The first kappa shape index (κ1) is 23.9. The van der Waals surface area contributed by atoms with E-state index in [1.807, 2.05) is 0 Å². The summed E-state index contributed by atoms with van der Waals surface area (Å²) in [6, 6.07) is 0. The van der Waals surface area contributed by atoms with Gasteiger partial charge in [-0.2, -0.15) is 0 Å². The van der Waals surface area contributed by atoms with Gasteiger partial charge in [-0.3, -0.25) is 0 Å². The summed E-state index contributed by atoms with van der Waals surface area (Å²) >= 11 is 0. The fourth-order valence-corrected chi connectivity index (χ4v) is 1.81. The van der Waals surface area contributed by atoms with Gasteiger partial charge in [-0.05, 0) is 12.8 Å². The third-order valence-corrected chi connectivity index (χ3v) is 3.04. The Kier molecular flexibility index (Phi) is 17.7. The van der Waals surface area contributed by atoms with Crippen LogP contribution in [0.15, 0.2) is 25.3 Å². The smallest absolute Gasteiger partial charge is 0.407 e. The fraction of sp³-hybridized carbons (Fsp3) is 0.667. The number of carbonyl (C=O) groups excluding carboxylic acids is 2. The van der Waals surface area contributed by atoms with E-state index in [2.05, 4.69) is 23.8 Å². The Morgan fingerprint density at radius 1 is 0.692 bits per heavy atom. The van der Waals surface area contributed by atoms with Crippen molar-refractivity contribution < 1.29 is 28.5 Å². The van der Waals surface area contributed by atoms with E-state index in [9.17, 15) is 9.59 Å². The average molecular weight is 372 g/mol. The number of nitrogens with one attached hydrogen (secondary N) is 2. The zero-order chi connectivity index (χ0) is 19.3. The summed E-state index contributed by atoms with van der Waals surface area (Å²) in [4.78, 5) is 22.7. The maximum absolute atomic E-state index is 11.3. The van der Waals surface area contributed by atoms with Crippen molar-refractivity contribution in [2.24, 2.45) is 0 Å². The molecule has 0 saturated carbocycles. The molecular formula is C18H32N2O6. The molecule has 0 aromatic rings. The third kappa shape index (κ3) is 18.3. The van der Waals surface area contributed by atoms with Crippen LogP contribution in [0.2, 0.25) is 0 Å². The molecule has 0 heterocycles. The van der Waals surface area contributed by atoms with E-state index in [1.54, 1.807) is 12.2 Å². The quantitative estimate of drug-likeness (QED) is 0.301. The molecule has 0 aromatic carbocycles. The molecule has 150 valence electrons. The summed E-state index contributed by atoms with van der Waals surface area (Å²) in [6.07, 6.45) is 6.02. The van der Waals surface area contributed by atoms with Crippen LogP contribution in [-0.4, -0.2) is 64.9 Å². The van der Waals surface area contributed by atoms with Gasteiger partial charge >= 0.3 is 12.2 Å². The van der Waals surface area contributed by atoms with Gasteiger partial charge in [0.15, 0.2) is 0 Å². The van der Waals surface area contributed by atoms with Crippen LogP contribution in [0.4, 0.5) is 9.59 Å². The molecule has 0 atom stereocenters. The summed E-state index contributed by atoms with van der Waals surface area (Å²) in [7, 11) is 0. The zero-order valence-corrected chi connectivity index (χ0v) is 15.5. The van der Waals surface area contributed by atoms with Crippen LogP contribution >= 0.6 is 0 Å². The molecule has 26 heavy (non-hydrogen) atoms. The van der Waals surface area contributed by atoms with Gasteiger partial charge < -0.3 is 29.6 Å². The first-order valence-electron chi connectivity index (χ1n) is 8.89. The predicted molar refractivity (Wildman–Crippen MR) is 99.2 cm³/mol. The van der Waals surface area contributed by atoms with Gasteiger partial charge in [-0.15, -0.1) is 13.2 Å². The van der Waals surface area contributed by atoms with Crippen molar-refractivity contribution in [1.82, 2.24) is 10.6 Å². The lowest BCUT2D eigenvalue weighted by Crippen LogP contribution is -2.27. The molecule has 2 amide bonds. The number of hydrogen-bond acceptors (Lipinski definition) is 6. The van der Waals surface area contributed by atoms with Crippen molar-refractivity contribution in [2.75, 3.05) is 52.7 Å². The minimum Gasteiger partial charge on any atom is -0.447 e. The summed E-state index contributed by atoms with van der Waals surface area (Å²) in [5, 5.41) is 5.35. The monoisotopic (exact) mass is 372 g/mol. The van der Waals surface area contributed by atoms with Crippen LogP contribution in [0.25, 0.3) is 0 Å². The fourth-order valence-electron chi connectivity index (χ4n) is 1.81. The van der Waals surface area contributed by atoms with Gasteiger partial charge in [-0.25, -0.2) is 9.59 Å². The van der Waals surface area contributed by atoms with E-state index in [0.29, 0.717) is 39.5 Å². The summed E-state index contributed by atoms with van der Waals surface area (Å²) in [5.41, 5.74) is 0. The lowest BCUT2D eigenvalue weighted by atomic mass is 10.2. The van der Waals surface area contributed by atoms with Crippen LogP contribution in [0.3, 0.4) is 0 Å². The van der Waals surface area contributed by atoms with E-state index in [4.69, 9.17) is 18.9 Å². The number of rotatable bonds is 17. The first-order chi connectivity index (χ1) is 12.7. The number of alkyl carbamates (subject to hydrolysis) is 2. The Morgan fingerprint density at radius 3 is 1.50 bits per heavy atom. The minimum absolute atomic E-state index is 0.224. The first-order valence-corrected chi connectivity index (χ1v) is 8.89. The summed E-state index contributed by atoms with van der Waals surface area (Å²) in [6.45, 7) is 10.2. The van der Waals surface area contributed by atoms with Crippen molar-refractivity contribution in [1.29, 1.82) is 0 Å². The standard InChI is InChI=1S/C18H32N2O6/c1-3-11-23-13-15-25-17(21)19-9-7-5-6-8-10-20-18(22)26-16-14-24-12-4-2/h3-4H,1-2,5-16H2,(H,19,21)(H,20,22). The maximum Gasteiger partial charge on any atom is 0.407 e. The van der Waals surface area contributed by atoms with Gasteiger partial charge in [0, 0.05) is 13.1 Å². The van der Waals surface area contributed by atoms with Gasteiger partial charge in [0.05, 0.1) is 26.4 Å². The number of hydrogen-bond donors (Lipinski definition) is 2. The van der Waals surface area contributed by atoms with Crippen LogP contribution < -0.4 is 10.6 Å². The number of unbranched alkanes of at least 4 members (excludes halogenated alkanes) is 3.